The minimum Gasteiger partial charge on any atom is -0.399 e. The molecule has 9 heteroatoms. The number of rotatable bonds is 5. The van der Waals surface area contributed by atoms with Gasteiger partial charge in [0.1, 0.15) is 0 Å². The van der Waals surface area contributed by atoms with Gasteiger partial charge in [0, 0.05) is 24.0 Å². The maximum Gasteiger partial charge on any atom is 0.235 e. The highest BCUT2D eigenvalue weighted by Crippen LogP contribution is 2.41. The number of nitrogen functional groups attached to an aromatic ring is 1. The van der Waals surface area contributed by atoms with Crippen molar-refractivity contribution in [3.05, 3.63) is 82.8 Å². The van der Waals surface area contributed by atoms with E-state index in [2.05, 4.69) is 27.1 Å². The van der Waals surface area contributed by atoms with Crippen LogP contribution in [0.5, 0.6) is 0 Å². The van der Waals surface area contributed by atoms with Crippen molar-refractivity contribution < 1.29 is 4.79 Å². The second-order valence-corrected chi connectivity index (χ2v) is 9.54. The summed E-state index contributed by atoms with van der Waals surface area (Å²) >= 11 is 1.57. The Morgan fingerprint density at radius 1 is 1.15 bits per heavy atom. The molecule has 1 aliphatic heterocycles. The molecule has 0 radical (unpaired) electrons. The van der Waals surface area contributed by atoms with E-state index < -0.39 is 11.5 Å². The normalized spacial score (nSPS) is 20.4. The maximum atomic E-state index is 13.5. The standard InChI is InChI=1S/C25H25N7OS/c1-25(22-12-17(15-34-22)16-7-6-8-18(26)11-16)21(23(33)31(2)24(27)29-25)13-20-14-28-30-32(20)19-9-4-3-5-10-19/h3-12,14-15,21H,13,26H2,1-2H3,(H2,27,29)/t21?,25-/m0/s1. The average molecular weight is 472 g/mol. The first-order valence-corrected chi connectivity index (χ1v) is 11.8. The number of benzene rings is 2. The predicted molar refractivity (Wildman–Crippen MR) is 134 cm³/mol. The van der Waals surface area contributed by atoms with Gasteiger partial charge in [-0.3, -0.25) is 15.1 Å². The van der Waals surface area contributed by atoms with Crippen LogP contribution in [0.2, 0.25) is 0 Å². The van der Waals surface area contributed by atoms with Gasteiger partial charge in [-0.25, -0.2) is 4.68 Å². The number of nitrogens with zero attached hydrogens (tertiary/aromatic N) is 4. The number of hydrogen-bond donors (Lipinski definition) is 3. The lowest BCUT2D eigenvalue weighted by atomic mass is 9.78. The number of anilines is 1. The van der Waals surface area contributed by atoms with Crippen molar-refractivity contribution in [1.29, 1.82) is 5.41 Å². The Bertz CT molecular complexity index is 1360. The molecule has 0 aliphatic carbocycles. The molecule has 1 saturated heterocycles. The van der Waals surface area contributed by atoms with Gasteiger partial charge in [0.2, 0.25) is 5.91 Å². The number of aromatic nitrogens is 3. The van der Waals surface area contributed by atoms with Crippen molar-refractivity contribution in [3.63, 3.8) is 0 Å². The highest BCUT2D eigenvalue weighted by atomic mass is 32.1. The molecule has 1 unspecified atom stereocenters. The zero-order chi connectivity index (χ0) is 23.9. The molecule has 2 aromatic carbocycles. The van der Waals surface area contributed by atoms with E-state index in [0.717, 1.165) is 27.4 Å². The number of para-hydroxylation sites is 1. The summed E-state index contributed by atoms with van der Waals surface area (Å²) in [6.07, 6.45) is 2.11. The molecule has 2 atom stereocenters. The number of guanidine groups is 1. The number of nitrogens with two attached hydrogens (primary N) is 1. The molecule has 0 bridgehead atoms. The van der Waals surface area contributed by atoms with Gasteiger partial charge in [-0.15, -0.1) is 16.4 Å². The van der Waals surface area contributed by atoms with E-state index in [0.29, 0.717) is 12.1 Å². The Balaban J connectivity index is 1.54. The Labute approximate surface area is 201 Å². The second-order valence-electron chi connectivity index (χ2n) is 8.63. The fraction of sp³-hybridized carbons (Fsp3) is 0.200. The van der Waals surface area contributed by atoms with Crippen LogP contribution in [-0.4, -0.2) is 38.8 Å². The SMILES string of the molecule is CN1C(=N)N[C@](C)(c2cc(-c3cccc(N)c3)cs2)C(Cc2cnnn2-c2ccccc2)C1=O. The van der Waals surface area contributed by atoms with Crippen LogP contribution in [0.1, 0.15) is 17.5 Å². The highest BCUT2D eigenvalue weighted by molar-refractivity contribution is 7.10. The lowest BCUT2D eigenvalue weighted by Crippen LogP contribution is -2.64. The topological polar surface area (TPSA) is 113 Å². The van der Waals surface area contributed by atoms with Gasteiger partial charge in [0.05, 0.1) is 29.0 Å². The molecule has 2 aromatic heterocycles. The third-order valence-corrected chi connectivity index (χ3v) is 7.57. The second kappa shape index (κ2) is 8.42. The molecule has 1 fully saturated rings. The van der Waals surface area contributed by atoms with E-state index in [4.69, 9.17) is 11.1 Å². The molecule has 4 N–H and O–H groups in total. The highest BCUT2D eigenvalue weighted by Gasteiger charge is 2.48. The number of amides is 1. The first-order valence-electron chi connectivity index (χ1n) is 10.9. The molecule has 1 amide bonds. The van der Waals surface area contributed by atoms with Crippen LogP contribution < -0.4 is 11.1 Å². The van der Waals surface area contributed by atoms with Crippen LogP contribution in [0.4, 0.5) is 5.69 Å². The van der Waals surface area contributed by atoms with Crippen molar-refractivity contribution in [1.82, 2.24) is 25.2 Å². The van der Waals surface area contributed by atoms with Crippen LogP contribution >= 0.6 is 11.3 Å². The van der Waals surface area contributed by atoms with Crippen molar-refractivity contribution in [2.75, 3.05) is 12.8 Å². The third kappa shape index (κ3) is 3.73. The van der Waals surface area contributed by atoms with Gasteiger partial charge in [-0.2, -0.15) is 0 Å². The van der Waals surface area contributed by atoms with Crippen LogP contribution in [0.3, 0.4) is 0 Å². The van der Waals surface area contributed by atoms with Gasteiger partial charge in [-0.05, 0) is 53.8 Å². The summed E-state index contributed by atoms with van der Waals surface area (Å²) in [4.78, 5) is 15.8. The van der Waals surface area contributed by atoms with Gasteiger partial charge >= 0.3 is 0 Å². The third-order valence-electron chi connectivity index (χ3n) is 6.40. The molecule has 1 aliphatic rings. The van der Waals surface area contributed by atoms with Crippen molar-refractivity contribution in [2.45, 2.75) is 18.9 Å². The first kappa shape index (κ1) is 21.8. The smallest absolute Gasteiger partial charge is 0.235 e. The number of nitrogens with one attached hydrogen (secondary N) is 2. The zero-order valence-corrected chi connectivity index (χ0v) is 19.7. The lowest BCUT2D eigenvalue weighted by molar-refractivity contribution is -0.135. The van der Waals surface area contributed by atoms with Gasteiger partial charge in [0.15, 0.2) is 5.96 Å². The summed E-state index contributed by atoms with van der Waals surface area (Å²) in [5.74, 6) is -0.511. The van der Waals surface area contributed by atoms with Crippen LogP contribution in [-0.2, 0) is 16.8 Å². The molecule has 34 heavy (non-hydrogen) atoms. The molecule has 0 saturated carbocycles. The van der Waals surface area contributed by atoms with E-state index >= 15 is 0 Å². The summed E-state index contributed by atoms with van der Waals surface area (Å²) < 4.78 is 1.76. The summed E-state index contributed by atoms with van der Waals surface area (Å²) in [7, 11) is 1.63. The quantitative estimate of drug-likeness (QED) is 0.385. The van der Waals surface area contributed by atoms with E-state index in [9.17, 15) is 4.79 Å². The number of carbonyl (C=O) groups is 1. The van der Waals surface area contributed by atoms with Crippen molar-refractivity contribution in [2.24, 2.45) is 5.92 Å². The summed E-state index contributed by atoms with van der Waals surface area (Å²) in [5, 5.41) is 22.1. The minimum absolute atomic E-state index is 0.0809. The molecule has 172 valence electrons. The van der Waals surface area contributed by atoms with E-state index in [1.54, 1.807) is 29.3 Å². The van der Waals surface area contributed by atoms with E-state index in [1.807, 2.05) is 61.5 Å². The molecular formula is C25H25N7OS. The first-order chi connectivity index (χ1) is 16.4. The Kier molecular flexibility index (Phi) is 5.41. The van der Waals surface area contributed by atoms with Crippen LogP contribution in [0.25, 0.3) is 16.8 Å². The average Bonchev–Trinajstić information content (AvgIpc) is 3.51. The minimum atomic E-state index is -0.782. The van der Waals surface area contributed by atoms with Crippen molar-refractivity contribution >= 4 is 28.9 Å². The van der Waals surface area contributed by atoms with Crippen LogP contribution in [0, 0.1) is 11.3 Å². The number of carbonyl (C=O) groups excluding carboxylic acids is 1. The largest absolute Gasteiger partial charge is 0.399 e. The molecule has 4 aromatic rings. The number of hydrogen-bond acceptors (Lipinski definition) is 6. The van der Waals surface area contributed by atoms with Gasteiger partial charge < -0.3 is 11.1 Å². The molecule has 3 heterocycles. The van der Waals surface area contributed by atoms with E-state index in [-0.39, 0.29) is 11.9 Å². The van der Waals surface area contributed by atoms with Crippen LogP contribution in [0.15, 0.2) is 72.2 Å². The fourth-order valence-electron chi connectivity index (χ4n) is 4.40. The lowest BCUT2D eigenvalue weighted by Gasteiger charge is -2.44. The van der Waals surface area contributed by atoms with Crippen molar-refractivity contribution in [3.8, 4) is 16.8 Å². The Morgan fingerprint density at radius 3 is 2.71 bits per heavy atom. The maximum absolute atomic E-state index is 13.5. The number of thiophene rings is 1. The molecule has 5 rings (SSSR count). The molecule has 0 spiro atoms. The summed E-state index contributed by atoms with van der Waals surface area (Å²) in [6, 6.07) is 19.6. The van der Waals surface area contributed by atoms with E-state index in [1.165, 1.54) is 4.90 Å². The predicted octanol–water partition coefficient (Wildman–Crippen LogP) is 3.65. The Morgan fingerprint density at radius 2 is 1.94 bits per heavy atom. The van der Waals surface area contributed by atoms with Gasteiger partial charge in [0.25, 0.3) is 0 Å². The molecular weight excluding hydrogens is 446 g/mol. The summed E-state index contributed by atoms with van der Waals surface area (Å²) in [6.45, 7) is 1.99. The monoisotopic (exact) mass is 471 g/mol. The molecule has 8 nitrogen and oxygen atoms in total. The van der Waals surface area contributed by atoms with Gasteiger partial charge in [-0.1, -0.05) is 35.5 Å². The zero-order valence-electron chi connectivity index (χ0n) is 18.9. The fourth-order valence-corrected chi connectivity index (χ4v) is 5.49. The Hall–Kier alpha value is -3.98. The summed E-state index contributed by atoms with van der Waals surface area (Å²) in [5.41, 5.74) is 9.66.